The minimum atomic E-state index is -2.98. The van der Waals surface area contributed by atoms with Crippen molar-refractivity contribution in [3.05, 3.63) is 59.4 Å². The van der Waals surface area contributed by atoms with Crippen molar-refractivity contribution in [1.82, 2.24) is 10.3 Å². The Labute approximate surface area is 182 Å². The van der Waals surface area contributed by atoms with Gasteiger partial charge in [0.25, 0.3) is 5.91 Å². The molecule has 0 fully saturated rings. The van der Waals surface area contributed by atoms with Crippen LogP contribution in [0.2, 0.25) is 0 Å². The third-order valence-corrected chi connectivity index (χ3v) is 4.76. The molecule has 3 rings (SSSR count). The van der Waals surface area contributed by atoms with Crippen molar-refractivity contribution in [2.24, 2.45) is 5.10 Å². The average molecular weight is 449 g/mol. The molecule has 0 unspecified atom stereocenters. The molecule has 2 aromatic carbocycles. The van der Waals surface area contributed by atoms with E-state index in [1.165, 1.54) is 36.4 Å². The fraction of sp³-hybridized carbons (Fsp3) is 0.318. The summed E-state index contributed by atoms with van der Waals surface area (Å²) >= 11 is 0. The first kappa shape index (κ1) is 23.1. The summed E-state index contributed by atoms with van der Waals surface area (Å²) in [6.45, 7) is -2.62. The molecule has 0 bridgehead atoms. The summed E-state index contributed by atoms with van der Waals surface area (Å²) in [7, 11) is 1.35. The Morgan fingerprint density at radius 1 is 1.12 bits per heavy atom. The zero-order chi connectivity index (χ0) is 23.1. The van der Waals surface area contributed by atoms with Gasteiger partial charge >= 0.3 is 6.61 Å². The maximum absolute atomic E-state index is 13.1. The molecule has 1 aliphatic rings. The van der Waals surface area contributed by atoms with E-state index in [1.807, 2.05) is 0 Å². The highest BCUT2D eigenvalue weighted by molar-refractivity contribution is 6.39. The first-order valence-electron chi connectivity index (χ1n) is 9.88. The summed E-state index contributed by atoms with van der Waals surface area (Å²) in [5.74, 6) is -0.930. The number of hydrogen-bond donors (Lipinski definition) is 1. The van der Waals surface area contributed by atoms with Crippen molar-refractivity contribution in [3.63, 3.8) is 0 Å². The monoisotopic (exact) mass is 449 g/mol. The molecular weight excluding hydrogens is 427 g/mol. The van der Waals surface area contributed by atoms with Gasteiger partial charge in [-0.2, -0.15) is 13.9 Å². The normalized spacial score (nSPS) is 13.7. The number of carbonyl (C=O) groups excluding carboxylic acids is 2. The van der Waals surface area contributed by atoms with Crippen LogP contribution in [0.3, 0.4) is 0 Å². The standard InChI is InChI=1S/C22H22F3N3O4/c1-31-18-8-4-14(12-19(18)32-22(24)25)10-11-26-21(30)17-7-9-20(29)28(27-17)13-15-2-5-16(23)6-3-15/h2-6,8,12,22H,7,9-11,13H2,1H3,(H,26,30). The van der Waals surface area contributed by atoms with E-state index in [1.54, 1.807) is 18.2 Å². The number of hydrogen-bond acceptors (Lipinski definition) is 5. The largest absolute Gasteiger partial charge is 0.493 e. The third kappa shape index (κ3) is 6.22. The maximum Gasteiger partial charge on any atom is 0.387 e. The Hall–Kier alpha value is -3.56. The molecule has 2 amide bonds. The molecule has 170 valence electrons. The molecule has 1 aliphatic heterocycles. The number of nitrogens with one attached hydrogen (secondary N) is 1. The lowest BCUT2D eigenvalue weighted by Crippen LogP contribution is -2.39. The molecule has 32 heavy (non-hydrogen) atoms. The van der Waals surface area contributed by atoms with E-state index >= 15 is 0 Å². The molecular formula is C22H22F3N3O4. The lowest BCUT2D eigenvalue weighted by atomic mass is 10.1. The highest BCUT2D eigenvalue weighted by atomic mass is 19.3. The van der Waals surface area contributed by atoms with Crippen LogP contribution in [-0.2, 0) is 22.6 Å². The molecule has 0 aromatic heterocycles. The van der Waals surface area contributed by atoms with E-state index in [0.29, 0.717) is 17.5 Å². The van der Waals surface area contributed by atoms with Gasteiger partial charge in [0.15, 0.2) is 11.5 Å². The molecule has 0 saturated heterocycles. The number of amides is 2. The van der Waals surface area contributed by atoms with Crippen molar-refractivity contribution in [2.45, 2.75) is 32.4 Å². The van der Waals surface area contributed by atoms with Crippen LogP contribution < -0.4 is 14.8 Å². The van der Waals surface area contributed by atoms with Gasteiger partial charge in [-0.1, -0.05) is 18.2 Å². The molecule has 0 radical (unpaired) electrons. The minimum absolute atomic E-state index is 0.0853. The third-order valence-electron chi connectivity index (χ3n) is 4.76. The fourth-order valence-corrected chi connectivity index (χ4v) is 3.14. The van der Waals surface area contributed by atoms with Gasteiger partial charge in [0.05, 0.1) is 13.7 Å². The van der Waals surface area contributed by atoms with Crippen molar-refractivity contribution < 1.29 is 32.2 Å². The van der Waals surface area contributed by atoms with Crippen molar-refractivity contribution in [2.75, 3.05) is 13.7 Å². The second-order valence-corrected chi connectivity index (χ2v) is 6.99. The smallest absolute Gasteiger partial charge is 0.387 e. The zero-order valence-electron chi connectivity index (χ0n) is 17.3. The molecule has 10 heteroatoms. The Balaban J connectivity index is 1.58. The number of methoxy groups -OCH3 is 1. The van der Waals surface area contributed by atoms with E-state index in [0.717, 1.165) is 0 Å². The Morgan fingerprint density at radius 3 is 2.53 bits per heavy atom. The minimum Gasteiger partial charge on any atom is -0.493 e. The van der Waals surface area contributed by atoms with Crippen LogP contribution in [0, 0.1) is 5.82 Å². The number of rotatable bonds is 9. The molecule has 1 heterocycles. The van der Waals surface area contributed by atoms with E-state index < -0.39 is 12.5 Å². The predicted octanol–water partition coefficient (Wildman–Crippen LogP) is 3.27. The van der Waals surface area contributed by atoms with Crippen LogP contribution in [0.1, 0.15) is 24.0 Å². The summed E-state index contributed by atoms with van der Waals surface area (Å²) in [6, 6.07) is 10.3. The van der Waals surface area contributed by atoms with Gasteiger partial charge in [0, 0.05) is 19.4 Å². The lowest BCUT2D eigenvalue weighted by Gasteiger charge is -2.23. The Bertz CT molecular complexity index is 996. The number of halogens is 3. The molecule has 1 N–H and O–H groups in total. The van der Waals surface area contributed by atoms with Gasteiger partial charge in [-0.25, -0.2) is 9.40 Å². The summed E-state index contributed by atoms with van der Waals surface area (Å²) in [4.78, 5) is 24.6. The van der Waals surface area contributed by atoms with Crippen molar-refractivity contribution in [3.8, 4) is 11.5 Å². The second-order valence-electron chi connectivity index (χ2n) is 6.99. The SMILES string of the molecule is COc1ccc(CCNC(=O)C2=NN(Cc3ccc(F)cc3)C(=O)CC2)cc1OC(F)F. The molecule has 0 saturated carbocycles. The Kier molecular flexibility index (Phi) is 7.69. The number of hydrazone groups is 1. The zero-order valence-corrected chi connectivity index (χ0v) is 17.3. The average Bonchev–Trinajstić information content (AvgIpc) is 2.76. The highest BCUT2D eigenvalue weighted by Gasteiger charge is 2.24. The topological polar surface area (TPSA) is 80.2 Å². The van der Waals surface area contributed by atoms with Crippen molar-refractivity contribution in [1.29, 1.82) is 0 Å². The maximum atomic E-state index is 13.1. The number of ether oxygens (including phenoxy) is 2. The van der Waals surface area contributed by atoms with Crippen LogP contribution >= 0.6 is 0 Å². The van der Waals surface area contributed by atoms with Crippen LogP contribution in [0.4, 0.5) is 13.2 Å². The van der Waals surface area contributed by atoms with E-state index in [-0.39, 0.29) is 54.9 Å². The van der Waals surface area contributed by atoms with Crippen LogP contribution in [0.25, 0.3) is 0 Å². The first-order chi connectivity index (χ1) is 15.4. The first-order valence-corrected chi connectivity index (χ1v) is 9.88. The van der Waals surface area contributed by atoms with E-state index in [2.05, 4.69) is 15.2 Å². The second kappa shape index (κ2) is 10.7. The summed E-state index contributed by atoms with van der Waals surface area (Å²) in [6.07, 6.45) is 0.709. The summed E-state index contributed by atoms with van der Waals surface area (Å²) < 4.78 is 47.6. The lowest BCUT2D eigenvalue weighted by molar-refractivity contribution is -0.132. The van der Waals surface area contributed by atoms with Gasteiger partial charge < -0.3 is 14.8 Å². The fourth-order valence-electron chi connectivity index (χ4n) is 3.14. The Morgan fingerprint density at radius 2 is 1.84 bits per heavy atom. The molecule has 0 atom stereocenters. The molecule has 0 aliphatic carbocycles. The van der Waals surface area contributed by atoms with Gasteiger partial charge in [-0.3, -0.25) is 9.59 Å². The van der Waals surface area contributed by atoms with Gasteiger partial charge in [0.1, 0.15) is 11.5 Å². The van der Waals surface area contributed by atoms with Crippen molar-refractivity contribution >= 4 is 17.5 Å². The summed E-state index contributed by atoms with van der Waals surface area (Å²) in [5.41, 5.74) is 1.56. The summed E-state index contributed by atoms with van der Waals surface area (Å²) in [5, 5.41) is 8.07. The molecule has 0 spiro atoms. The van der Waals surface area contributed by atoms with Gasteiger partial charge in [-0.05, 0) is 41.8 Å². The number of alkyl halides is 2. The quantitative estimate of drug-likeness (QED) is 0.637. The van der Waals surface area contributed by atoms with E-state index in [4.69, 9.17) is 4.74 Å². The number of nitrogens with zero attached hydrogens (tertiary/aromatic N) is 2. The van der Waals surface area contributed by atoms with Gasteiger partial charge in [-0.15, -0.1) is 0 Å². The van der Waals surface area contributed by atoms with Crippen LogP contribution in [-0.4, -0.2) is 42.8 Å². The van der Waals surface area contributed by atoms with Gasteiger partial charge in [0.2, 0.25) is 5.91 Å². The molecule has 7 nitrogen and oxygen atoms in total. The van der Waals surface area contributed by atoms with Crippen LogP contribution in [0.5, 0.6) is 11.5 Å². The van der Waals surface area contributed by atoms with Crippen LogP contribution in [0.15, 0.2) is 47.6 Å². The molecule has 2 aromatic rings. The van der Waals surface area contributed by atoms with E-state index in [9.17, 15) is 22.8 Å². The predicted molar refractivity (Wildman–Crippen MR) is 110 cm³/mol. The number of benzene rings is 2. The number of carbonyl (C=O) groups is 2. The highest BCUT2D eigenvalue weighted by Crippen LogP contribution is 2.29.